The Labute approximate surface area is 212 Å². The van der Waals surface area contributed by atoms with E-state index in [-0.39, 0.29) is 17.0 Å². The second-order valence-electron chi connectivity index (χ2n) is 8.94. The minimum atomic E-state index is -5.78. The van der Waals surface area contributed by atoms with Crippen LogP contribution in [0.15, 0.2) is 32.5 Å². The quantitative estimate of drug-likeness (QED) is 0.170. The summed E-state index contributed by atoms with van der Waals surface area (Å²) in [5.74, 6) is -4.49. The molecule has 3 aromatic heterocycles. The Morgan fingerprint density at radius 2 is 2.00 bits per heavy atom. The van der Waals surface area contributed by atoms with Gasteiger partial charge in [0, 0.05) is 30.6 Å². The molecule has 8 nitrogen and oxygen atoms in total. The molecule has 0 amide bonds. The predicted molar refractivity (Wildman–Crippen MR) is 125 cm³/mol. The number of thioether (sulfide) groups is 1. The van der Waals surface area contributed by atoms with E-state index in [1.54, 1.807) is 17.8 Å². The van der Waals surface area contributed by atoms with E-state index in [0.717, 1.165) is 35.9 Å². The van der Waals surface area contributed by atoms with Crippen molar-refractivity contribution in [2.24, 2.45) is 13.0 Å². The molecule has 0 radical (unpaired) electrons. The molecule has 1 aliphatic rings. The van der Waals surface area contributed by atoms with Crippen LogP contribution in [0.4, 0.5) is 27.6 Å². The van der Waals surface area contributed by atoms with Gasteiger partial charge < -0.3 is 18.7 Å². The van der Waals surface area contributed by atoms with E-state index in [1.165, 1.54) is 12.5 Å². The van der Waals surface area contributed by atoms with Crippen molar-refractivity contribution in [3.05, 3.63) is 35.7 Å². The van der Waals surface area contributed by atoms with Gasteiger partial charge in [0.15, 0.2) is 22.9 Å². The van der Waals surface area contributed by atoms with E-state index in [2.05, 4.69) is 25.5 Å². The number of hydrogen-bond donors (Lipinski definition) is 1. The molecule has 4 heterocycles. The number of benzene rings is 1. The zero-order valence-electron chi connectivity index (χ0n) is 19.9. The maximum Gasteiger partial charge on any atom is 0.463 e. The Morgan fingerprint density at radius 3 is 2.73 bits per heavy atom. The summed E-state index contributed by atoms with van der Waals surface area (Å²) in [7, 11) is 1.87. The van der Waals surface area contributed by atoms with E-state index in [4.69, 9.17) is 8.83 Å². The van der Waals surface area contributed by atoms with Crippen molar-refractivity contribution in [1.82, 2.24) is 24.7 Å². The highest BCUT2D eigenvalue weighted by molar-refractivity contribution is 7.99. The predicted octanol–water partition coefficient (Wildman–Crippen LogP) is 6.12. The summed E-state index contributed by atoms with van der Waals surface area (Å²) in [6.07, 6.45) is -1.38. The fourth-order valence-corrected chi connectivity index (χ4v) is 5.24. The first kappa shape index (κ1) is 25.5. The summed E-state index contributed by atoms with van der Waals surface area (Å²) >= 11 is 1.58. The van der Waals surface area contributed by atoms with E-state index >= 15 is 0 Å². The number of fused-ring (bicyclic) bond motifs is 3. The van der Waals surface area contributed by atoms with Gasteiger partial charge in [0.2, 0.25) is 5.82 Å². The Kier molecular flexibility index (Phi) is 6.62. The average molecular weight is 543 g/mol. The molecule has 0 spiro atoms. The third-order valence-electron chi connectivity index (χ3n) is 6.45. The monoisotopic (exact) mass is 542 g/mol. The van der Waals surface area contributed by atoms with Gasteiger partial charge in [0.05, 0.1) is 5.69 Å². The molecule has 0 saturated heterocycles. The van der Waals surface area contributed by atoms with E-state index < -0.39 is 18.0 Å². The van der Waals surface area contributed by atoms with Crippen molar-refractivity contribution in [1.29, 1.82) is 0 Å². The van der Waals surface area contributed by atoms with Crippen LogP contribution in [0.2, 0.25) is 0 Å². The van der Waals surface area contributed by atoms with Crippen LogP contribution in [0.1, 0.15) is 36.4 Å². The van der Waals surface area contributed by atoms with Crippen molar-refractivity contribution >= 4 is 28.5 Å². The number of aromatic nitrogens is 5. The lowest BCUT2D eigenvalue weighted by molar-refractivity contribution is -0.297. The van der Waals surface area contributed by atoms with E-state index in [0.29, 0.717) is 35.8 Å². The van der Waals surface area contributed by atoms with Crippen molar-refractivity contribution in [3.63, 3.8) is 0 Å². The van der Waals surface area contributed by atoms with Crippen molar-refractivity contribution < 1.29 is 30.8 Å². The van der Waals surface area contributed by atoms with Gasteiger partial charge in [-0.1, -0.05) is 11.8 Å². The van der Waals surface area contributed by atoms with Gasteiger partial charge in [-0.2, -0.15) is 22.0 Å². The topological polar surface area (TPSA) is 94.8 Å². The molecule has 0 fully saturated rings. The number of halogens is 5. The largest absolute Gasteiger partial charge is 0.463 e. The molecule has 0 aliphatic carbocycles. The summed E-state index contributed by atoms with van der Waals surface area (Å²) < 4.78 is 78.0. The third kappa shape index (κ3) is 4.78. The number of rotatable bonds is 7. The lowest BCUT2D eigenvalue weighted by Gasteiger charge is -2.15. The first-order chi connectivity index (χ1) is 17.6. The molecular formula is C23H23F5N6O2S. The maximum absolute atomic E-state index is 13.8. The van der Waals surface area contributed by atoms with Gasteiger partial charge in [0.1, 0.15) is 5.52 Å². The zero-order chi connectivity index (χ0) is 26.4. The number of hydrogen-bond acceptors (Lipinski definition) is 8. The molecule has 1 aromatic carbocycles. The normalized spacial score (nSPS) is 16.6. The first-order valence-corrected chi connectivity index (χ1v) is 12.6. The Hall–Kier alpha value is -3.16. The van der Waals surface area contributed by atoms with Crippen LogP contribution in [0.3, 0.4) is 0 Å². The maximum atomic E-state index is 13.8. The number of oxazole rings is 2. The fraction of sp³-hybridized carbons (Fsp3) is 0.478. The summed E-state index contributed by atoms with van der Waals surface area (Å²) in [5.41, 5.74) is 1.96. The van der Waals surface area contributed by atoms with Crippen molar-refractivity contribution in [3.8, 4) is 11.6 Å². The number of alkyl halides is 5. The molecule has 14 heteroatoms. The van der Waals surface area contributed by atoms with Crippen LogP contribution in [0, 0.1) is 12.8 Å². The lowest BCUT2D eigenvalue weighted by Crippen LogP contribution is -2.33. The standard InChI is InChI=1S/C23H23F5N6O2S/c1-12-18(35-11-30-12)19-32-33-21(34(19)2)37-9-3-4-13-5-6-14-15(29-10-13)7-8-16-17(14)31-20(36-16)22(24,25)23(26,27)28/h7-8,11,13,29H,3-6,9-10H2,1-2H3. The molecule has 37 heavy (non-hydrogen) atoms. The van der Waals surface area contributed by atoms with Crippen LogP contribution in [-0.2, 0) is 19.4 Å². The van der Waals surface area contributed by atoms with Crippen molar-refractivity contribution in [2.45, 2.75) is 49.9 Å². The molecule has 0 saturated carbocycles. The number of nitrogens with one attached hydrogen (secondary N) is 1. The SMILES string of the molecule is Cc1ncoc1-c1nnc(SCCCC2CCc3c(ccc4oc(C(F)(F)C(F)(F)F)nc34)NC2)n1C. The average Bonchev–Trinajstić information content (AvgIpc) is 3.52. The smallest absolute Gasteiger partial charge is 0.440 e. The summed E-state index contributed by atoms with van der Waals surface area (Å²) in [6, 6.07) is 3.01. The third-order valence-corrected chi connectivity index (χ3v) is 7.55. The Bertz CT molecular complexity index is 1410. The summed E-state index contributed by atoms with van der Waals surface area (Å²) in [5, 5.41) is 12.5. The van der Waals surface area contributed by atoms with E-state index in [1.807, 2.05) is 18.5 Å². The molecule has 1 atom stereocenters. The highest BCUT2D eigenvalue weighted by atomic mass is 32.2. The first-order valence-electron chi connectivity index (χ1n) is 11.6. The lowest BCUT2D eigenvalue weighted by atomic mass is 9.96. The fourth-order valence-electron chi connectivity index (χ4n) is 4.36. The Balaban J connectivity index is 1.19. The zero-order valence-corrected chi connectivity index (χ0v) is 20.7. The molecule has 1 N–H and O–H groups in total. The number of anilines is 1. The van der Waals surface area contributed by atoms with E-state index in [9.17, 15) is 22.0 Å². The Morgan fingerprint density at radius 1 is 1.19 bits per heavy atom. The highest BCUT2D eigenvalue weighted by Crippen LogP contribution is 2.45. The minimum absolute atomic E-state index is 0.0419. The van der Waals surface area contributed by atoms with Gasteiger partial charge in [-0.25, -0.2) is 9.97 Å². The van der Waals surface area contributed by atoms with Crippen LogP contribution in [-0.4, -0.2) is 43.2 Å². The molecule has 4 aromatic rings. The molecule has 1 unspecified atom stereocenters. The second kappa shape index (κ2) is 9.62. The van der Waals surface area contributed by atoms with Crippen LogP contribution >= 0.6 is 11.8 Å². The van der Waals surface area contributed by atoms with Gasteiger partial charge >= 0.3 is 12.1 Å². The minimum Gasteiger partial charge on any atom is -0.440 e. The van der Waals surface area contributed by atoms with Crippen LogP contribution < -0.4 is 5.32 Å². The van der Waals surface area contributed by atoms with Crippen LogP contribution in [0.25, 0.3) is 22.7 Å². The van der Waals surface area contributed by atoms with Crippen LogP contribution in [0.5, 0.6) is 0 Å². The number of aryl methyl sites for hydroxylation is 2. The second-order valence-corrected chi connectivity index (χ2v) is 10.0. The summed E-state index contributed by atoms with van der Waals surface area (Å²) in [4.78, 5) is 7.65. The molecular weight excluding hydrogens is 519 g/mol. The summed E-state index contributed by atoms with van der Waals surface area (Å²) in [6.45, 7) is 2.50. The van der Waals surface area contributed by atoms with Gasteiger partial charge in [0.25, 0.3) is 5.89 Å². The molecule has 0 bridgehead atoms. The van der Waals surface area contributed by atoms with Gasteiger partial charge in [-0.3, -0.25) is 0 Å². The van der Waals surface area contributed by atoms with Gasteiger partial charge in [-0.05, 0) is 50.7 Å². The number of nitrogens with zero attached hydrogens (tertiary/aromatic N) is 5. The molecule has 198 valence electrons. The highest BCUT2D eigenvalue weighted by Gasteiger charge is 2.62. The molecule has 5 rings (SSSR count). The molecule has 1 aliphatic heterocycles. The van der Waals surface area contributed by atoms with Crippen molar-refractivity contribution in [2.75, 3.05) is 17.6 Å². The van der Waals surface area contributed by atoms with Gasteiger partial charge in [-0.15, -0.1) is 10.2 Å².